The van der Waals surface area contributed by atoms with Gasteiger partial charge in [-0.25, -0.2) is 9.78 Å². The Balaban J connectivity index is 3.16. The number of nitro groups is 1. The van der Waals surface area contributed by atoms with Crippen molar-refractivity contribution in [3.05, 3.63) is 38.7 Å². The van der Waals surface area contributed by atoms with Crippen molar-refractivity contribution in [3.8, 4) is 0 Å². The number of halogens is 1. The van der Waals surface area contributed by atoms with Gasteiger partial charge in [0.15, 0.2) is 0 Å². The molecule has 0 aliphatic rings. The quantitative estimate of drug-likeness (QED) is 0.272. The fourth-order valence-corrected chi connectivity index (χ4v) is 1.35. The van der Waals surface area contributed by atoms with Crippen molar-refractivity contribution in [2.75, 3.05) is 7.11 Å². The molecule has 6 nitrogen and oxygen atoms in total. The van der Waals surface area contributed by atoms with Crippen LogP contribution in [-0.4, -0.2) is 23.0 Å². The lowest BCUT2D eigenvalue weighted by atomic mass is 10.2. The summed E-state index contributed by atoms with van der Waals surface area (Å²) in [5, 5.41) is 10.8. The SMILES string of the molecule is COC(=O)C=Cc1cc([N+](=O)[O-])c(C)nc1Cl. The molecule has 0 spiro atoms. The average Bonchev–Trinajstić information content (AvgIpc) is 2.26. The molecule has 0 saturated carbocycles. The van der Waals surface area contributed by atoms with Gasteiger partial charge in [-0.15, -0.1) is 0 Å². The van der Waals surface area contributed by atoms with Gasteiger partial charge in [-0.2, -0.15) is 0 Å². The Morgan fingerprint density at radius 3 is 2.82 bits per heavy atom. The van der Waals surface area contributed by atoms with Gasteiger partial charge in [0.25, 0.3) is 5.69 Å². The van der Waals surface area contributed by atoms with Gasteiger partial charge < -0.3 is 4.74 Å². The Bertz CT molecular complexity index is 499. The molecular formula is C10H9ClN2O4. The molecule has 90 valence electrons. The van der Waals surface area contributed by atoms with Crippen molar-refractivity contribution in [1.29, 1.82) is 0 Å². The van der Waals surface area contributed by atoms with Crippen LogP contribution in [0.3, 0.4) is 0 Å². The highest BCUT2D eigenvalue weighted by molar-refractivity contribution is 6.31. The van der Waals surface area contributed by atoms with E-state index in [2.05, 4.69) is 9.72 Å². The number of ether oxygens (including phenoxy) is 1. The van der Waals surface area contributed by atoms with Crippen LogP contribution in [0.2, 0.25) is 5.15 Å². The molecule has 1 rings (SSSR count). The van der Waals surface area contributed by atoms with Crippen molar-refractivity contribution in [3.63, 3.8) is 0 Å². The van der Waals surface area contributed by atoms with Crippen LogP contribution in [0.5, 0.6) is 0 Å². The van der Waals surface area contributed by atoms with E-state index >= 15 is 0 Å². The van der Waals surface area contributed by atoms with Gasteiger partial charge in [0.1, 0.15) is 10.8 Å². The molecule has 1 aromatic heterocycles. The second kappa shape index (κ2) is 5.40. The molecule has 17 heavy (non-hydrogen) atoms. The molecule has 7 heteroatoms. The van der Waals surface area contributed by atoms with Gasteiger partial charge in [-0.3, -0.25) is 10.1 Å². The number of hydrogen-bond acceptors (Lipinski definition) is 5. The minimum atomic E-state index is -0.579. The lowest BCUT2D eigenvalue weighted by molar-refractivity contribution is -0.385. The maximum atomic E-state index is 10.9. The van der Waals surface area contributed by atoms with E-state index < -0.39 is 10.9 Å². The van der Waals surface area contributed by atoms with E-state index in [4.69, 9.17) is 11.6 Å². The van der Waals surface area contributed by atoms with Gasteiger partial charge in [0.2, 0.25) is 0 Å². The normalized spacial score (nSPS) is 10.5. The Morgan fingerprint density at radius 2 is 2.29 bits per heavy atom. The zero-order chi connectivity index (χ0) is 13.0. The van der Waals surface area contributed by atoms with Gasteiger partial charge in [-0.1, -0.05) is 11.6 Å². The third-order valence-electron chi connectivity index (χ3n) is 1.96. The Labute approximate surface area is 102 Å². The number of pyridine rings is 1. The Kier molecular flexibility index (Phi) is 4.17. The third-order valence-corrected chi connectivity index (χ3v) is 2.27. The van der Waals surface area contributed by atoms with E-state index in [9.17, 15) is 14.9 Å². The predicted molar refractivity (Wildman–Crippen MR) is 61.7 cm³/mol. The number of rotatable bonds is 3. The summed E-state index contributed by atoms with van der Waals surface area (Å²) in [5.74, 6) is -0.579. The first-order valence-corrected chi connectivity index (χ1v) is 4.91. The van der Waals surface area contributed by atoms with Crippen LogP contribution in [-0.2, 0) is 9.53 Å². The summed E-state index contributed by atoms with van der Waals surface area (Å²) in [4.78, 5) is 24.8. The van der Waals surface area contributed by atoms with Crippen molar-refractivity contribution < 1.29 is 14.5 Å². The zero-order valence-corrected chi connectivity index (χ0v) is 9.89. The van der Waals surface area contributed by atoms with Crippen LogP contribution >= 0.6 is 11.6 Å². The molecule has 0 bridgehead atoms. The molecule has 0 unspecified atom stereocenters. The number of carbonyl (C=O) groups excluding carboxylic acids is 1. The van der Waals surface area contributed by atoms with Gasteiger partial charge >= 0.3 is 5.97 Å². The summed E-state index contributed by atoms with van der Waals surface area (Å²) in [5.41, 5.74) is 0.350. The second-order valence-corrected chi connectivity index (χ2v) is 3.44. The molecule has 0 aliphatic carbocycles. The van der Waals surface area contributed by atoms with Crippen molar-refractivity contribution in [1.82, 2.24) is 4.98 Å². The number of methoxy groups -OCH3 is 1. The molecule has 0 N–H and O–H groups in total. The van der Waals surface area contributed by atoms with Crippen LogP contribution in [0.4, 0.5) is 5.69 Å². The first-order chi connectivity index (χ1) is 7.95. The minimum Gasteiger partial charge on any atom is -0.466 e. The maximum Gasteiger partial charge on any atom is 0.330 e. The van der Waals surface area contributed by atoms with Crippen LogP contribution in [0.25, 0.3) is 6.08 Å². The molecular weight excluding hydrogens is 248 g/mol. The number of aromatic nitrogens is 1. The van der Waals surface area contributed by atoms with Crippen LogP contribution < -0.4 is 0 Å². The number of nitrogens with zero attached hydrogens (tertiary/aromatic N) is 2. The topological polar surface area (TPSA) is 82.3 Å². The molecule has 0 amide bonds. The molecule has 0 radical (unpaired) electrons. The van der Waals surface area contributed by atoms with Gasteiger partial charge in [0, 0.05) is 17.7 Å². The summed E-state index contributed by atoms with van der Waals surface area (Å²) in [6.45, 7) is 1.48. The first kappa shape index (κ1) is 13.1. The molecule has 0 saturated heterocycles. The number of carbonyl (C=O) groups is 1. The second-order valence-electron chi connectivity index (χ2n) is 3.09. The molecule has 0 atom stereocenters. The smallest absolute Gasteiger partial charge is 0.330 e. The van der Waals surface area contributed by atoms with Crippen molar-refractivity contribution in [2.24, 2.45) is 0 Å². The van der Waals surface area contributed by atoms with Crippen molar-refractivity contribution in [2.45, 2.75) is 6.92 Å². The van der Waals surface area contributed by atoms with E-state index in [-0.39, 0.29) is 22.1 Å². The minimum absolute atomic E-state index is 0.0910. The summed E-state index contributed by atoms with van der Waals surface area (Å²) >= 11 is 5.80. The Hall–Kier alpha value is -1.95. The number of aryl methyl sites for hydroxylation is 1. The number of hydrogen-bond donors (Lipinski definition) is 0. The fourth-order valence-electron chi connectivity index (χ4n) is 1.11. The monoisotopic (exact) mass is 256 g/mol. The zero-order valence-electron chi connectivity index (χ0n) is 9.14. The lowest BCUT2D eigenvalue weighted by Gasteiger charge is -2.01. The number of esters is 1. The molecule has 1 aromatic rings. The first-order valence-electron chi connectivity index (χ1n) is 4.53. The standard InChI is InChI=1S/C10H9ClN2O4/c1-6-8(13(15)16)5-7(10(11)12-6)3-4-9(14)17-2/h3-5H,1-2H3. The van der Waals surface area contributed by atoms with E-state index in [0.29, 0.717) is 0 Å². The highest BCUT2D eigenvalue weighted by Crippen LogP contribution is 2.24. The molecule has 0 aliphatic heterocycles. The highest BCUT2D eigenvalue weighted by atomic mass is 35.5. The van der Waals surface area contributed by atoms with Crippen LogP contribution in [0.15, 0.2) is 12.1 Å². The van der Waals surface area contributed by atoms with E-state index in [1.807, 2.05) is 0 Å². The molecule has 0 aromatic carbocycles. The van der Waals surface area contributed by atoms with E-state index in [0.717, 1.165) is 6.08 Å². The highest BCUT2D eigenvalue weighted by Gasteiger charge is 2.14. The molecule has 1 heterocycles. The molecule has 0 fully saturated rings. The van der Waals surface area contributed by atoms with E-state index in [1.54, 1.807) is 0 Å². The fraction of sp³-hybridized carbons (Fsp3) is 0.200. The van der Waals surface area contributed by atoms with Gasteiger partial charge in [-0.05, 0) is 13.0 Å². The van der Waals surface area contributed by atoms with Crippen molar-refractivity contribution >= 4 is 29.3 Å². The summed E-state index contributed by atoms with van der Waals surface area (Å²) in [6.07, 6.45) is 2.43. The third kappa shape index (κ3) is 3.25. The maximum absolute atomic E-state index is 10.9. The summed E-state index contributed by atoms with van der Waals surface area (Å²) in [6, 6.07) is 1.25. The van der Waals surface area contributed by atoms with Gasteiger partial charge in [0.05, 0.1) is 12.0 Å². The average molecular weight is 257 g/mol. The largest absolute Gasteiger partial charge is 0.466 e. The summed E-state index contributed by atoms with van der Waals surface area (Å²) < 4.78 is 4.39. The predicted octanol–water partition coefficient (Wildman–Crippen LogP) is 2.14. The van der Waals surface area contributed by atoms with E-state index in [1.165, 1.54) is 26.2 Å². The summed E-state index contributed by atoms with van der Waals surface area (Å²) in [7, 11) is 1.23. The van der Waals surface area contributed by atoms with Crippen LogP contribution in [0, 0.1) is 17.0 Å². The Morgan fingerprint density at radius 1 is 1.65 bits per heavy atom. The van der Waals surface area contributed by atoms with Crippen LogP contribution in [0.1, 0.15) is 11.3 Å². The lowest BCUT2D eigenvalue weighted by Crippen LogP contribution is -1.97.